The van der Waals surface area contributed by atoms with Crippen LogP contribution >= 0.6 is 0 Å². The number of hydrogen-bond donors (Lipinski definition) is 0. The second-order valence-corrected chi connectivity index (χ2v) is 18.5. The zero-order chi connectivity index (χ0) is 51.4. The molecule has 0 fully saturated rings. The highest BCUT2D eigenvalue weighted by molar-refractivity contribution is 5.71. The Morgan fingerprint density at radius 1 is 0.296 bits per heavy atom. The molecule has 0 saturated heterocycles. The third kappa shape index (κ3) is 56.3. The van der Waals surface area contributed by atoms with Gasteiger partial charge in [0.25, 0.3) is 0 Å². The molecule has 0 unspecified atom stereocenters. The number of carbonyl (C=O) groups is 3. The van der Waals surface area contributed by atoms with E-state index in [-0.39, 0.29) is 37.5 Å². The normalized spacial score (nSPS) is 13.1. The van der Waals surface area contributed by atoms with Gasteiger partial charge in [0, 0.05) is 19.3 Å². The van der Waals surface area contributed by atoms with Crippen LogP contribution in [0, 0.1) is 0 Å². The first kappa shape index (κ1) is 66.6. The number of ether oxygens (including phenoxy) is 3. The summed E-state index contributed by atoms with van der Waals surface area (Å²) in [5, 5.41) is 0. The zero-order valence-electron chi connectivity index (χ0n) is 45.7. The Hall–Kier alpha value is -4.45. The van der Waals surface area contributed by atoms with E-state index in [9.17, 15) is 14.4 Å². The molecule has 0 aromatic heterocycles. The molecular formula is C65H104O6. The minimum atomic E-state index is -0.820. The molecule has 0 aromatic carbocycles. The van der Waals surface area contributed by atoms with Crippen molar-refractivity contribution in [2.75, 3.05) is 13.2 Å². The fraction of sp³-hybridized carbons (Fsp3) is 0.615. The second kappa shape index (κ2) is 58.1. The van der Waals surface area contributed by atoms with Gasteiger partial charge in [-0.15, -0.1) is 0 Å². The lowest BCUT2D eigenvalue weighted by molar-refractivity contribution is -0.167. The Balaban J connectivity index is 4.56. The summed E-state index contributed by atoms with van der Waals surface area (Å²) in [5.74, 6) is -0.994. The molecule has 71 heavy (non-hydrogen) atoms. The van der Waals surface area contributed by atoms with E-state index >= 15 is 0 Å². The Morgan fingerprint density at radius 3 is 0.859 bits per heavy atom. The van der Waals surface area contributed by atoms with Crippen molar-refractivity contribution in [1.29, 1.82) is 0 Å². The maximum Gasteiger partial charge on any atom is 0.306 e. The van der Waals surface area contributed by atoms with Gasteiger partial charge >= 0.3 is 17.9 Å². The summed E-state index contributed by atoms with van der Waals surface area (Å²) in [7, 11) is 0. The van der Waals surface area contributed by atoms with Crippen LogP contribution < -0.4 is 0 Å². The van der Waals surface area contributed by atoms with Crippen molar-refractivity contribution >= 4 is 17.9 Å². The Morgan fingerprint density at radius 2 is 0.549 bits per heavy atom. The highest BCUT2D eigenvalue weighted by Gasteiger charge is 2.19. The molecule has 0 N–H and O–H groups in total. The van der Waals surface area contributed by atoms with Crippen molar-refractivity contribution in [2.45, 2.75) is 245 Å². The Labute approximate surface area is 436 Å². The van der Waals surface area contributed by atoms with E-state index in [0.717, 1.165) is 148 Å². The summed E-state index contributed by atoms with van der Waals surface area (Å²) >= 11 is 0. The van der Waals surface area contributed by atoms with Crippen molar-refractivity contribution in [3.05, 3.63) is 134 Å². The molecule has 6 nitrogen and oxygen atoms in total. The van der Waals surface area contributed by atoms with Gasteiger partial charge < -0.3 is 14.2 Å². The van der Waals surface area contributed by atoms with Crippen molar-refractivity contribution in [1.82, 2.24) is 0 Å². The fourth-order valence-electron chi connectivity index (χ4n) is 7.30. The van der Waals surface area contributed by atoms with Crippen LogP contribution in [-0.2, 0) is 28.6 Å². The van der Waals surface area contributed by atoms with Crippen LogP contribution in [0.2, 0.25) is 0 Å². The molecule has 0 spiro atoms. The van der Waals surface area contributed by atoms with E-state index in [0.29, 0.717) is 12.8 Å². The van der Waals surface area contributed by atoms with E-state index in [1.54, 1.807) is 0 Å². The second-order valence-electron chi connectivity index (χ2n) is 18.5. The monoisotopic (exact) mass is 981 g/mol. The van der Waals surface area contributed by atoms with E-state index in [4.69, 9.17) is 14.2 Å². The van der Waals surface area contributed by atoms with Crippen molar-refractivity contribution in [3.63, 3.8) is 0 Å². The van der Waals surface area contributed by atoms with Crippen LogP contribution in [0.3, 0.4) is 0 Å². The van der Waals surface area contributed by atoms with Gasteiger partial charge in [-0.05, 0) is 141 Å². The summed E-state index contributed by atoms with van der Waals surface area (Å²) in [6.07, 6.45) is 81.5. The Bertz CT molecular complexity index is 1550. The molecule has 0 amide bonds. The van der Waals surface area contributed by atoms with Gasteiger partial charge in [-0.2, -0.15) is 0 Å². The number of hydrogen-bond acceptors (Lipinski definition) is 6. The zero-order valence-corrected chi connectivity index (χ0v) is 45.7. The number of allylic oxidation sites excluding steroid dienone is 22. The molecule has 6 heteroatoms. The maximum atomic E-state index is 12.9. The average molecular weight is 982 g/mol. The first-order valence-electron chi connectivity index (χ1n) is 28.7. The van der Waals surface area contributed by atoms with E-state index in [1.165, 1.54) is 51.4 Å². The van der Waals surface area contributed by atoms with Gasteiger partial charge in [-0.25, -0.2) is 0 Å². The number of carbonyl (C=O) groups excluding carboxylic acids is 3. The molecule has 0 bridgehead atoms. The molecular weight excluding hydrogens is 877 g/mol. The van der Waals surface area contributed by atoms with Gasteiger partial charge in [0.05, 0.1) is 0 Å². The maximum absolute atomic E-state index is 12.9. The minimum Gasteiger partial charge on any atom is -0.462 e. The Kier molecular flexibility index (Phi) is 54.5. The summed E-state index contributed by atoms with van der Waals surface area (Å²) in [6.45, 7) is 6.39. The topological polar surface area (TPSA) is 78.9 Å². The minimum absolute atomic E-state index is 0.115. The predicted molar refractivity (Wildman–Crippen MR) is 306 cm³/mol. The number of rotatable bonds is 50. The molecule has 0 heterocycles. The molecule has 0 saturated carbocycles. The summed E-state index contributed by atoms with van der Waals surface area (Å²) in [4.78, 5) is 38.2. The van der Waals surface area contributed by atoms with Crippen LogP contribution in [0.15, 0.2) is 134 Å². The number of unbranched alkanes of at least 4 members (excludes halogenated alkanes) is 17. The number of esters is 3. The van der Waals surface area contributed by atoms with Crippen molar-refractivity contribution in [2.24, 2.45) is 0 Å². The predicted octanol–water partition coefficient (Wildman–Crippen LogP) is 19.4. The molecule has 0 aromatic rings. The van der Waals surface area contributed by atoms with Crippen LogP contribution in [0.5, 0.6) is 0 Å². The summed E-state index contributed by atoms with van der Waals surface area (Å²) < 4.78 is 16.8. The van der Waals surface area contributed by atoms with E-state index in [1.807, 2.05) is 0 Å². The largest absolute Gasteiger partial charge is 0.462 e. The smallest absolute Gasteiger partial charge is 0.306 e. The average Bonchev–Trinajstić information content (AvgIpc) is 3.37. The first-order chi connectivity index (χ1) is 35.0. The highest BCUT2D eigenvalue weighted by Crippen LogP contribution is 2.12. The third-order valence-corrected chi connectivity index (χ3v) is 11.6. The van der Waals surface area contributed by atoms with Gasteiger partial charge in [0.15, 0.2) is 6.10 Å². The molecule has 0 radical (unpaired) electrons. The van der Waals surface area contributed by atoms with Gasteiger partial charge in [-0.3, -0.25) is 14.4 Å². The fourth-order valence-corrected chi connectivity index (χ4v) is 7.30. The van der Waals surface area contributed by atoms with Crippen LogP contribution in [0.25, 0.3) is 0 Å². The first-order valence-corrected chi connectivity index (χ1v) is 28.7. The molecule has 0 aliphatic rings. The molecule has 400 valence electrons. The van der Waals surface area contributed by atoms with Gasteiger partial charge in [-0.1, -0.05) is 212 Å². The van der Waals surface area contributed by atoms with Crippen LogP contribution in [-0.4, -0.2) is 37.2 Å². The SMILES string of the molecule is CC/C=C\C/C=C\C/C=C\C/C=C\CCCCCCC(=O)O[C@H](COC(=O)CCCCC/C=C\C/C=C\C/C=C\C/C=C\CCCCC)COC(=O)CCCCCC/C=C\C/C=C\C/C=C\CCCCC. The highest BCUT2D eigenvalue weighted by atomic mass is 16.6. The summed E-state index contributed by atoms with van der Waals surface area (Å²) in [6, 6.07) is 0. The van der Waals surface area contributed by atoms with E-state index in [2.05, 4.69) is 154 Å². The molecule has 0 rings (SSSR count). The molecule has 0 aliphatic carbocycles. The summed E-state index contributed by atoms with van der Waals surface area (Å²) in [5.41, 5.74) is 0. The quantitative estimate of drug-likeness (QED) is 0.0262. The molecule has 1 atom stereocenters. The van der Waals surface area contributed by atoms with Crippen molar-refractivity contribution in [3.8, 4) is 0 Å². The lowest BCUT2D eigenvalue weighted by Crippen LogP contribution is -2.30. The van der Waals surface area contributed by atoms with Gasteiger partial charge in [0.1, 0.15) is 13.2 Å². The molecule has 0 aliphatic heterocycles. The standard InChI is InChI=1S/C65H104O6/c1-4-7-10-13-16-19-22-25-28-31-32-35-37-40-43-46-49-52-55-58-64(67)70-61-62(71-65(68)59-56-53-50-47-44-41-38-34-30-27-24-21-18-15-12-9-6-3)60-69-63(66)57-54-51-48-45-42-39-36-33-29-26-23-20-17-14-11-8-5-2/h9,12,16-21,25-30,32,35-36,38-41,43,62H,4-8,10-11,13-15,22-24,31,33-34,37,42,44-61H2,1-3H3/b12-9-,19-16-,20-17-,21-18-,28-25-,29-26-,30-27-,35-32-,39-36-,41-38-,43-40-/t62-/m0/s1. The van der Waals surface area contributed by atoms with Gasteiger partial charge in [0.2, 0.25) is 0 Å². The van der Waals surface area contributed by atoms with Crippen molar-refractivity contribution < 1.29 is 28.6 Å². The lowest BCUT2D eigenvalue weighted by Gasteiger charge is -2.18. The van der Waals surface area contributed by atoms with E-state index < -0.39 is 6.10 Å². The van der Waals surface area contributed by atoms with Crippen LogP contribution in [0.4, 0.5) is 0 Å². The van der Waals surface area contributed by atoms with Crippen LogP contribution in [0.1, 0.15) is 239 Å². The third-order valence-electron chi connectivity index (χ3n) is 11.6. The lowest BCUT2D eigenvalue weighted by atomic mass is 10.1.